The van der Waals surface area contributed by atoms with Crippen molar-refractivity contribution in [3.63, 3.8) is 0 Å². The lowest BCUT2D eigenvalue weighted by molar-refractivity contribution is -0.162. The number of methoxy groups -OCH3 is 2. The topological polar surface area (TPSA) is 72.8 Å². The summed E-state index contributed by atoms with van der Waals surface area (Å²) in [4.78, 5) is 25.2. The van der Waals surface area contributed by atoms with E-state index in [9.17, 15) is 14.7 Å². The Labute approximate surface area is 129 Å². The van der Waals surface area contributed by atoms with Crippen molar-refractivity contribution in [3.8, 4) is 5.75 Å². The number of aliphatic hydroxyl groups excluding tert-OH is 1. The molecule has 5 nitrogen and oxygen atoms in total. The van der Waals surface area contributed by atoms with Crippen LogP contribution in [-0.4, -0.2) is 37.2 Å². The van der Waals surface area contributed by atoms with Crippen molar-refractivity contribution in [2.45, 2.75) is 31.3 Å². The maximum Gasteiger partial charge on any atom is 0.319 e. The van der Waals surface area contributed by atoms with Gasteiger partial charge in [0.1, 0.15) is 11.2 Å². The number of ether oxygens (including phenoxy) is 2. The fourth-order valence-corrected chi connectivity index (χ4v) is 4.07. The molecule has 1 N–H and O–H groups in total. The Hall–Kier alpha value is -1.88. The van der Waals surface area contributed by atoms with Crippen molar-refractivity contribution >= 4 is 11.8 Å². The maximum atomic E-state index is 12.7. The summed E-state index contributed by atoms with van der Waals surface area (Å²) in [5.74, 6) is -0.727. The molecule has 5 heteroatoms. The van der Waals surface area contributed by atoms with E-state index in [1.54, 1.807) is 19.2 Å². The monoisotopic (exact) mass is 304 g/mol. The molecule has 118 valence electrons. The van der Waals surface area contributed by atoms with Gasteiger partial charge in [0.25, 0.3) is 0 Å². The van der Waals surface area contributed by atoms with Gasteiger partial charge in [0.15, 0.2) is 5.78 Å². The lowest BCUT2D eigenvalue weighted by Crippen LogP contribution is -2.50. The summed E-state index contributed by atoms with van der Waals surface area (Å²) in [6.07, 6.45) is 0.691. The van der Waals surface area contributed by atoms with Crippen LogP contribution >= 0.6 is 0 Å². The number of rotatable bonds is 3. The third kappa shape index (κ3) is 1.96. The van der Waals surface area contributed by atoms with E-state index in [0.29, 0.717) is 25.0 Å². The summed E-state index contributed by atoms with van der Waals surface area (Å²) in [5, 5.41) is 10.3. The Morgan fingerprint density at radius 3 is 2.55 bits per heavy atom. The summed E-state index contributed by atoms with van der Waals surface area (Å²) < 4.78 is 10.1. The van der Waals surface area contributed by atoms with Crippen LogP contribution in [0.15, 0.2) is 24.3 Å². The van der Waals surface area contributed by atoms with E-state index in [1.807, 2.05) is 12.1 Å². The van der Waals surface area contributed by atoms with Gasteiger partial charge in [-0.1, -0.05) is 12.1 Å². The van der Waals surface area contributed by atoms with Crippen molar-refractivity contribution < 1.29 is 24.2 Å². The number of aliphatic hydroxyl groups is 1. The van der Waals surface area contributed by atoms with E-state index >= 15 is 0 Å². The van der Waals surface area contributed by atoms with Crippen molar-refractivity contribution in [1.29, 1.82) is 0 Å². The predicted octanol–water partition coefficient (Wildman–Crippen LogP) is 1.68. The van der Waals surface area contributed by atoms with Crippen LogP contribution in [0.3, 0.4) is 0 Å². The van der Waals surface area contributed by atoms with E-state index in [0.717, 1.165) is 5.56 Å². The van der Waals surface area contributed by atoms with E-state index in [4.69, 9.17) is 9.47 Å². The Morgan fingerprint density at radius 1 is 1.27 bits per heavy atom. The molecule has 0 aliphatic heterocycles. The predicted molar refractivity (Wildman–Crippen MR) is 78.5 cm³/mol. The van der Waals surface area contributed by atoms with Gasteiger partial charge in [0, 0.05) is 11.8 Å². The Bertz CT molecular complexity index is 594. The molecule has 2 saturated carbocycles. The largest absolute Gasteiger partial charge is 0.497 e. The minimum absolute atomic E-state index is 0.168. The van der Waals surface area contributed by atoms with Gasteiger partial charge < -0.3 is 14.6 Å². The summed E-state index contributed by atoms with van der Waals surface area (Å²) in [5.41, 5.74) is -0.285. The quantitative estimate of drug-likeness (QED) is 0.679. The van der Waals surface area contributed by atoms with Crippen LogP contribution in [0.4, 0.5) is 0 Å². The van der Waals surface area contributed by atoms with Crippen LogP contribution < -0.4 is 4.74 Å². The Balaban J connectivity index is 2.06. The second kappa shape index (κ2) is 5.39. The van der Waals surface area contributed by atoms with Gasteiger partial charge in [-0.3, -0.25) is 9.59 Å². The number of ketones is 1. The number of carbonyl (C=O) groups excluding carboxylic acids is 2. The van der Waals surface area contributed by atoms with Crippen LogP contribution in [0.5, 0.6) is 5.75 Å². The van der Waals surface area contributed by atoms with E-state index in [1.165, 1.54) is 7.11 Å². The number of benzene rings is 1. The van der Waals surface area contributed by atoms with Gasteiger partial charge >= 0.3 is 5.97 Å². The second-order valence-corrected chi connectivity index (χ2v) is 6.10. The first-order valence-electron chi connectivity index (χ1n) is 7.49. The van der Waals surface area contributed by atoms with Crippen LogP contribution in [-0.2, 0) is 14.3 Å². The summed E-state index contributed by atoms with van der Waals surface area (Å²) in [7, 11) is 2.90. The fourth-order valence-electron chi connectivity index (χ4n) is 4.07. The zero-order valence-electron chi connectivity index (χ0n) is 12.7. The zero-order chi connectivity index (χ0) is 15.9. The van der Waals surface area contributed by atoms with Crippen molar-refractivity contribution in [2.24, 2.45) is 11.3 Å². The van der Waals surface area contributed by atoms with Crippen LogP contribution in [0.25, 0.3) is 0 Å². The van der Waals surface area contributed by atoms with Gasteiger partial charge in [0.2, 0.25) is 0 Å². The summed E-state index contributed by atoms with van der Waals surface area (Å²) in [6.45, 7) is 0. The molecule has 22 heavy (non-hydrogen) atoms. The minimum atomic E-state index is -1.15. The molecule has 0 spiro atoms. The normalized spacial score (nSPS) is 33.6. The second-order valence-electron chi connectivity index (χ2n) is 6.10. The summed E-state index contributed by atoms with van der Waals surface area (Å²) >= 11 is 0. The number of carbonyl (C=O) groups is 2. The van der Waals surface area contributed by atoms with Gasteiger partial charge in [-0.2, -0.15) is 0 Å². The highest BCUT2D eigenvalue weighted by atomic mass is 16.5. The number of fused-ring (bicyclic) bond motifs is 2. The fraction of sp³-hybridized carbons (Fsp3) is 0.529. The average Bonchev–Trinajstić information content (AvgIpc) is 2.80. The van der Waals surface area contributed by atoms with Crippen LogP contribution in [0.2, 0.25) is 0 Å². The highest BCUT2D eigenvalue weighted by Gasteiger charge is 2.63. The van der Waals surface area contributed by atoms with Crippen LogP contribution in [0, 0.1) is 11.3 Å². The number of hydrogen-bond donors (Lipinski definition) is 1. The molecular weight excluding hydrogens is 284 g/mol. The minimum Gasteiger partial charge on any atom is -0.497 e. The van der Waals surface area contributed by atoms with Gasteiger partial charge in [-0.05, 0) is 37.0 Å². The lowest BCUT2D eigenvalue weighted by atomic mass is 9.63. The standard InChI is InChI=1S/C17H20O5/c1-21-11-5-3-10(4-6-11)13-9-14(18)12-7-8-17(13,15(12)19)16(20)22-2/h3-6,12-14,18H,7-9H2,1-2H3/t12-,13-,14-,17-/m0/s1. The molecule has 0 aromatic heterocycles. The highest BCUT2D eigenvalue weighted by molar-refractivity contribution is 6.08. The lowest BCUT2D eigenvalue weighted by Gasteiger charge is -2.39. The first-order chi connectivity index (χ1) is 10.5. The third-order valence-corrected chi connectivity index (χ3v) is 5.23. The molecule has 0 saturated heterocycles. The number of esters is 1. The van der Waals surface area contributed by atoms with E-state index < -0.39 is 23.4 Å². The molecule has 2 bridgehead atoms. The molecule has 2 aliphatic carbocycles. The summed E-state index contributed by atoms with van der Waals surface area (Å²) in [6, 6.07) is 7.32. The molecule has 0 unspecified atom stereocenters. The molecule has 1 aromatic rings. The van der Waals surface area contributed by atoms with Gasteiger partial charge in [-0.25, -0.2) is 0 Å². The maximum absolute atomic E-state index is 12.7. The van der Waals surface area contributed by atoms with E-state index in [-0.39, 0.29) is 11.7 Å². The molecule has 2 fully saturated rings. The Kier molecular flexibility index (Phi) is 3.68. The third-order valence-electron chi connectivity index (χ3n) is 5.23. The number of hydrogen-bond acceptors (Lipinski definition) is 5. The number of Topliss-reactive ketones (excluding diaryl/α,β-unsaturated/α-hetero) is 1. The van der Waals surface area contributed by atoms with Crippen molar-refractivity contribution in [1.82, 2.24) is 0 Å². The van der Waals surface area contributed by atoms with E-state index in [2.05, 4.69) is 0 Å². The average molecular weight is 304 g/mol. The SMILES string of the molecule is COC(=O)[C@]12CC[C@H](C1=O)[C@@H](O)C[C@H]2c1ccc(OC)cc1. The molecule has 3 rings (SSSR count). The Morgan fingerprint density at radius 2 is 1.95 bits per heavy atom. The zero-order valence-corrected chi connectivity index (χ0v) is 12.7. The first-order valence-corrected chi connectivity index (χ1v) is 7.49. The smallest absolute Gasteiger partial charge is 0.319 e. The van der Waals surface area contributed by atoms with Crippen molar-refractivity contribution in [2.75, 3.05) is 14.2 Å². The van der Waals surface area contributed by atoms with Gasteiger partial charge in [-0.15, -0.1) is 0 Å². The van der Waals surface area contributed by atoms with Crippen molar-refractivity contribution in [3.05, 3.63) is 29.8 Å². The molecule has 4 atom stereocenters. The van der Waals surface area contributed by atoms with Crippen LogP contribution in [0.1, 0.15) is 30.7 Å². The molecule has 0 amide bonds. The molecule has 2 aliphatic rings. The molecular formula is C17H20O5. The first kappa shape index (κ1) is 15.0. The molecule has 0 radical (unpaired) electrons. The molecule has 1 aromatic carbocycles. The molecule has 0 heterocycles. The van der Waals surface area contributed by atoms with Gasteiger partial charge in [0.05, 0.1) is 20.3 Å². The highest BCUT2D eigenvalue weighted by Crippen LogP contribution is 2.56.